The summed E-state index contributed by atoms with van der Waals surface area (Å²) in [4.78, 5) is 21.8. The zero-order valence-electron chi connectivity index (χ0n) is 17.0. The topological polar surface area (TPSA) is 54.3 Å². The zero-order valence-corrected chi connectivity index (χ0v) is 17.0. The number of aromatic nitrogens is 3. The molecule has 1 aliphatic rings. The van der Waals surface area contributed by atoms with Crippen molar-refractivity contribution < 1.29 is 4.79 Å². The van der Waals surface area contributed by atoms with Gasteiger partial charge in [0.2, 0.25) is 5.82 Å². The predicted octanol–water partition coefficient (Wildman–Crippen LogP) is 2.83. The van der Waals surface area contributed by atoms with Crippen LogP contribution in [0.2, 0.25) is 0 Å². The number of rotatable bonds is 6. The first kappa shape index (κ1) is 19.3. The number of aryl methyl sites for hydroxylation is 2. The summed E-state index contributed by atoms with van der Waals surface area (Å²) in [6, 6.07) is 20.4. The van der Waals surface area contributed by atoms with E-state index in [9.17, 15) is 4.79 Å². The van der Waals surface area contributed by atoms with Gasteiger partial charge in [0.15, 0.2) is 0 Å². The van der Waals surface area contributed by atoms with E-state index in [0.29, 0.717) is 0 Å². The molecule has 1 saturated heterocycles. The molecule has 3 aromatic rings. The number of likely N-dealkylation sites (N-methyl/N-ethyl adjacent to an activating group) is 2. The van der Waals surface area contributed by atoms with Crippen LogP contribution in [0, 0.1) is 0 Å². The Morgan fingerprint density at radius 3 is 2.41 bits per heavy atom. The van der Waals surface area contributed by atoms with Crippen LogP contribution < -0.4 is 0 Å². The monoisotopic (exact) mass is 389 g/mol. The summed E-state index contributed by atoms with van der Waals surface area (Å²) in [5.74, 6) is 0.968. The maximum Gasteiger partial charge on any atom is 0.293 e. The Morgan fingerprint density at radius 1 is 1.07 bits per heavy atom. The minimum absolute atomic E-state index is 0.110. The molecule has 1 aliphatic heterocycles. The third kappa shape index (κ3) is 4.38. The first-order valence-corrected chi connectivity index (χ1v) is 10.1. The number of benzene rings is 2. The Bertz CT molecular complexity index is 954. The Balaban J connectivity index is 1.59. The lowest BCUT2D eigenvalue weighted by molar-refractivity contribution is 0.0725. The normalized spacial score (nSPS) is 16.8. The second-order valence-electron chi connectivity index (χ2n) is 7.71. The van der Waals surface area contributed by atoms with E-state index < -0.39 is 0 Å². The fourth-order valence-electron chi connectivity index (χ4n) is 3.83. The number of hydrogen-bond acceptors (Lipinski definition) is 4. The quantitative estimate of drug-likeness (QED) is 0.651. The molecule has 2 aromatic carbocycles. The lowest BCUT2D eigenvalue weighted by Gasteiger charge is -2.22. The van der Waals surface area contributed by atoms with Gasteiger partial charge in [-0.3, -0.25) is 4.79 Å². The average molecular weight is 390 g/mol. The van der Waals surface area contributed by atoms with Crippen LogP contribution in [0.3, 0.4) is 0 Å². The van der Waals surface area contributed by atoms with Crippen molar-refractivity contribution in [3.63, 3.8) is 0 Å². The van der Waals surface area contributed by atoms with Gasteiger partial charge in [-0.15, -0.1) is 5.10 Å². The van der Waals surface area contributed by atoms with Crippen LogP contribution in [-0.2, 0) is 12.8 Å². The number of carbonyl (C=O) groups is 1. The molecule has 0 N–H and O–H groups in total. The van der Waals surface area contributed by atoms with Gasteiger partial charge in [0.1, 0.15) is 5.82 Å². The molecule has 1 aromatic heterocycles. The van der Waals surface area contributed by atoms with Gasteiger partial charge in [0.05, 0.1) is 5.69 Å². The summed E-state index contributed by atoms with van der Waals surface area (Å²) < 4.78 is 1.81. The Hall–Kier alpha value is -2.99. The summed E-state index contributed by atoms with van der Waals surface area (Å²) in [6.07, 6.45) is 2.55. The van der Waals surface area contributed by atoms with Crippen LogP contribution in [0.4, 0.5) is 0 Å². The molecule has 6 heteroatoms. The highest BCUT2D eigenvalue weighted by molar-refractivity contribution is 5.90. The van der Waals surface area contributed by atoms with Crippen molar-refractivity contribution in [3.8, 4) is 5.69 Å². The first-order chi connectivity index (χ1) is 14.1. The lowest BCUT2D eigenvalue weighted by atomic mass is 10.1. The highest BCUT2D eigenvalue weighted by Crippen LogP contribution is 2.17. The number of carbonyl (C=O) groups excluding carboxylic acids is 1. The standard InChI is InChI=1S/C23H27N5O/c1-26-16-15-20(17-26)27(2)23(29)22-24-21(14-13-18-9-5-3-6-10-18)28(25-22)19-11-7-4-8-12-19/h3-12,20H,13-17H2,1-2H3. The van der Waals surface area contributed by atoms with Gasteiger partial charge in [-0.2, -0.15) is 0 Å². The fourth-order valence-corrected chi connectivity index (χ4v) is 3.83. The van der Waals surface area contributed by atoms with Crippen LogP contribution in [0.1, 0.15) is 28.4 Å². The molecule has 0 bridgehead atoms. The molecule has 150 valence electrons. The van der Waals surface area contributed by atoms with Crippen molar-refractivity contribution in [3.05, 3.63) is 77.9 Å². The minimum Gasteiger partial charge on any atom is -0.335 e. The molecule has 0 spiro atoms. The van der Waals surface area contributed by atoms with Gasteiger partial charge in [0.25, 0.3) is 5.91 Å². The lowest BCUT2D eigenvalue weighted by Crippen LogP contribution is -2.39. The summed E-state index contributed by atoms with van der Waals surface area (Å²) in [5, 5.41) is 4.60. The van der Waals surface area contributed by atoms with Crippen LogP contribution in [0.25, 0.3) is 5.69 Å². The summed E-state index contributed by atoms with van der Waals surface area (Å²) in [6.45, 7) is 1.90. The molecule has 0 saturated carbocycles. The first-order valence-electron chi connectivity index (χ1n) is 10.1. The maximum atomic E-state index is 13.1. The van der Waals surface area contributed by atoms with Gasteiger partial charge >= 0.3 is 0 Å². The molecular formula is C23H27N5O. The van der Waals surface area contributed by atoms with E-state index in [1.165, 1.54) is 5.56 Å². The van der Waals surface area contributed by atoms with Crippen LogP contribution in [-0.4, -0.2) is 63.7 Å². The van der Waals surface area contributed by atoms with E-state index in [2.05, 4.69) is 34.2 Å². The third-order valence-electron chi connectivity index (χ3n) is 5.58. The molecule has 4 rings (SSSR count). The van der Waals surface area contributed by atoms with Gasteiger partial charge in [0, 0.05) is 26.1 Å². The second-order valence-corrected chi connectivity index (χ2v) is 7.71. The number of amides is 1. The van der Waals surface area contributed by atoms with E-state index in [-0.39, 0.29) is 17.8 Å². The largest absolute Gasteiger partial charge is 0.335 e. The van der Waals surface area contributed by atoms with Crippen molar-refractivity contribution >= 4 is 5.91 Å². The van der Waals surface area contributed by atoms with Crippen molar-refractivity contribution in [1.29, 1.82) is 0 Å². The summed E-state index contributed by atoms with van der Waals surface area (Å²) >= 11 is 0. The van der Waals surface area contributed by atoms with Crippen LogP contribution in [0.5, 0.6) is 0 Å². The molecule has 29 heavy (non-hydrogen) atoms. The smallest absolute Gasteiger partial charge is 0.293 e. The van der Waals surface area contributed by atoms with Gasteiger partial charge in [-0.05, 0) is 44.1 Å². The van der Waals surface area contributed by atoms with Gasteiger partial charge < -0.3 is 9.80 Å². The molecule has 0 aliphatic carbocycles. The highest BCUT2D eigenvalue weighted by Gasteiger charge is 2.29. The van der Waals surface area contributed by atoms with Crippen LogP contribution in [0.15, 0.2) is 60.7 Å². The number of likely N-dealkylation sites (tertiary alicyclic amines) is 1. The minimum atomic E-state index is -0.110. The molecule has 1 amide bonds. The Morgan fingerprint density at radius 2 is 1.76 bits per heavy atom. The van der Waals surface area contributed by atoms with Crippen molar-refractivity contribution in [1.82, 2.24) is 24.6 Å². The van der Waals surface area contributed by atoms with E-state index in [1.807, 2.05) is 60.3 Å². The highest BCUT2D eigenvalue weighted by atomic mass is 16.2. The zero-order chi connectivity index (χ0) is 20.2. The number of nitrogens with zero attached hydrogens (tertiary/aromatic N) is 5. The Labute approximate surface area is 171 Å². The summed E-state index contributed by atoms with van der Waals surface area (Å²) in [5.41, 5.74) is 2.17. The molecule has 0 radical (unpaired) electrons. The molecule has 1 fully saturated rings. The predicted molar refractivity (Wildman–Crippen MR) is 113 cm³/mol. The maximum absolute atomic E-state index is 13.1. The number of para-hydroxylation sites is 1. The van der Waals surface area contributed by atoms with Crippen molar-refractivity contribution in [2.24, 2.45) is 0 Å². The van der Waals surface area contributed by atoms with Gasteiger partial charge in [-0.25, -0.2) is 9.67 Å². The molecule has 2 heterocycles. The average Bonchev–Trinajstić information content (AvgIpc) is 3.39. The molecular weight excluding hydrogens is 362 g/mol. The third-order valence-corrected chi connectivity index (χ3v) is 5.58. The molecule has 1 atom stereocenters. The fraction of sp³-hybridized carbons (Fsp3) is 0.348. The molecule has 6 nitrogen and oxygen atoms in total. The number of hydrogen-bond donors (Lipinski definition) is 0. The van der Waals surface area contributed by atoms with Crippen molar-refractivity contribution in [2.75, 3.05) is 27.2 Å². The van der Waals surface area contributed by atoms with E-state index >= 15 is 0 Å². The van der Waals surface area contributed by atoms with E-state index in [4.69, 9.17) is 0 Å². The van der Waals surface area contributed by atoms with Crippen LogP contribution >= 0.6 is 0 Å². The second kappa shape index (κ2) is 8.57. The summed E-state index contributed by atoms with van der Waals surface area (Å²) in [7, 11) is 3.95. The van der Waals surface area contributed by atoms with E-state index in [0.717, 1.165) is 43.9 Å². The van der Waals surface area contributed by atoms with E-state index in [1.54, 1.807) is 4.90 Å². The van der Waals surface area contributed by atoms with Crippen molar-refractivity contribution in [2.45, 2.75) is 25.3 Å². The SMILES string of the molecule is CN1CCC(N(C)C(=O)c2nc(CCc3ccccc3)n(-c3ccccc3)n2)C1. The van der Waals surface area contributed by atoms with Gasteiger partial charge in [-0.1, -0.05) is 48.5 Å². The molecule has 1 unspecified atom stereocenters. The Kier molecular flexibility index (Phi) is 5.71.